The van der Waals surface area contributed by atoms with E-state index in [0.29, 0.717) is 21.1 Å². The normalized spacial score (nSPS) is 11.6. The molecule has 4 nitrogen and oxygen atoms in total. The van der Waals surface area contributed by atoms with E-state index in [1.165, 1.54) is 22.7 Å². The molecule has 0 amide bonds. The molecule has 0 unspecified atom stereocenters. The van der Waals surface area contributed by atoms with E-state index < -0.39 is 0 Å². The Labute approximate surface area is 135 Å². The SMILES string of the molecule is Oc1ccsc1C=Nc1ccccc1N=Cc1sccc1O. The summed E-state index contributed by atoms with van der Waals surface area (Å²) in [5.74, 6) is 0.441. The van der Waals surface area contributed by atoms with Gasteiger partial charge in [-0.15, -0.1) is 22.7 Å². The minimum absolute atomic E-state index is 0.221. The van der Waals surface area contributed by atoms with E-state index in [9.17, 15) is 10.2 Å². The molecular weight excluding hydrogens is 316 g/mol. The molecule has 0 bridgehead atoms. The van der Waals surface area contributed by atoms with Gasteiger partial charge in [0.2, 0.25) is 0 Å². The maximum Gasteiger partial charge on any atom is 0.135 e. The van der Waals surface area contributed by atoms with Crippen LogP contribution in [0.3, 0.4) is 0 Å². The van der Waals surface area contributed by atoms with Crippen molar-refractivity contribution in [3.8, 4) is 11.5 Å². The molecule has 0 fully saturated rings. The third kappa shape index (κ3) is 3.24. The first-order chi connectivity index (χ1) is 10.7. The van der Waals surface area contributed by atoms with Crippen molar-refractivity contribution in [3.05, 3.63) is 56.9 Å². The molecule has 0 saturated heterocycles. The Bertz CT molecular complexity index is 765. The topological polar surface area (TPSA) is 65.2 Å². The van der Waals surface area contributed by atoms with Gasteiger partial charge >= 0.3 is 0 Å². The summed E-state index contributed by atoms with van der Waals surface area (Å²) in [7, 11) is 0. The maximum atomic E-state index is 9.62. The number of thiophene rings is 2. The third-order valence-electron chi connectivity index (χ3n) is 2.87. The number of aromatic hydroxyl groups is 2. The average Bonchev–Trinajstić information content (AvgIpc) is 3.12. The van der Waals surface area contributed by atoms with Gasteiger partial charge in [0.25, 0.3) is 0 Å². The standard InChI is InChI=1S/C16H12N2O2S2/c19-13-5-7-21-15(13)9-17-11-3-1-2-4-12(11)18-10-16-14(20)6-8-22-16/h1-10,19-20H. The zero-order chi connectivity index (χ0) is 15.4. The molecule has 0 aliphatic rings. The maximum absolute atomic E-state index is 9.62. The second-order valence-electron chi connectivity index (χ2n) is 4.35. The highest BCUT2D eigenvalue weighted by Gasteiger charge is 2.02. The first-order valence-corrected chi connectivity index (χ1v) is 8.20. The van der Waals surface area contributed by atoms with Gasteiger partial charge in [-0.3, -0.25) is 9.98 Å². The summed E-state index contributed by atoms with van der Waals surface area (Å²) < 4.78 is 0. The molecule has 2 heterocycles. The highest BCUT2D eigenvalue weighted by atomic mass is 32.1. The van der Waals surface area contributed by atoms with Crippen molar-refractivity contribution >= 4 is 46.5 Å². The molecule has 3 aromatic rings. The van der Waals surface area contributed by atoms with Crippen molar-refractivity contribution in [2.24, 2.45) is 9.98 Å². The largest absolute Gasteiger partial charge is 0.506 e. The Morgan fingerprint density at radius 3 is 1.55 bits per heavy atom. The predicted molar refractivity (Wildman–Crippen MR) is 92.9 cm³/mol. The molecule has 0 spiro atoms. The van der Waals surface area contributed by atoms with Gasteiger partial charge in [-0.25, -0.2) is 0 Å². The zero-order valence-electron chi connectivity index (χ0n) is 11.4. The molecule has 0 aliphatic carbocycles. The van der Waals surface area contributed by atoms with E-state index in [0.717, 1.165) is 0 Å². The van der Waals surface area contributed by atoms with Crippen LogP contribution in [-0.2, 0) is 0 Å². The van der Waals surface area contributed by atoms with Crippen LogP contribution in [0.2, 0.25) is 0 Å². The minimum atomic E-state index is 0.221. The summed E-state index contributed by atoms with van der Waals surface area (Å²) in [6.07, 6.45) is 3.24. The molecule has 3 rings (SSSR count). The number of rotatable bonds is 4. The Morgan fingerprint density at radius 1 is 0.727 bits per heavy atom. The van der Waals surface area contributed by atoms with Crippen molar-refractivity contribution in [1.82, 2.24) is 0 Å². The van der Waals surface area contributed by atoms with E-state index >= 15 is 0 Å². The lowest BCUT2D eigenvalue weighted by Crippen LogP contribution is -1.77. The van der Waals surface area contributed by atoms with Crippen LogP contribution in [0.1, 0.15) is 9.75 Å². The van der Waals surface area contributed by atoms with Gasteiger partial charge < -0.3 is 10.2 Å². The molecule has 1 aromatic carbocycles. The minimum Gasteiger partial charge on any atom is -0.506 e. The first-order valence-electron chi connectivity index (χ1n) is 6.44. The van der Waals surface area contributed by atoms with Crippen LogP contribution in [0.4, 0.5) is 11.4 Å². The van der Waals surface area contributed by atoms with Gasteiger partial charge in [0, 0.05) is 12.4 Å². The lowest BCUT2D eigenvalue weighted by atomic mass is 10.3. The quantitative estimate of drug-likeness (QED) is 0.680. The Hall–Kier alpha value is -2.44. The highest BCUT2D eigenvalue weighted by Crippen LogP contribution is 2.29. The molecule has 110 valence electrons. The molecule has 2 N–H and O–H groups in total. The van der Waals surface area contributed by atoms with E-state index in [4.69, 9.17) is 0 Å². The summed E-state index contributed by atoms with van der Waals surface area (Å²) in [6, 6.07) is 10.7. The molecular formula is C16H12N2O2S2. The number of nitrogens with zero attached hydrogens (tertiary/aromatic N) is 2. The summed E-state index contributed by atoms with van der Waals surface area (Å²) in [4.78, 5) is 10.2. The van der Waals surface area contributed by atoms with Crippen molar-refractivity contribution in [2.45, 2.75) is 0 Å². The second-order valence-corrected chi connectivity index (χ2v) is 6.24. The van der Waals surface area contributed by atoms with Gasteiger partial charge in [0.05, 0.1) is 21.1 Å². The molecule has 0 saturated carbocycles. The van der Waals surface area contributed by atoms with Gasteiger partial charge in [0.1, 0.15) is 11.5 Å². The average molecular weight is 328 g/mol. The van der Waals surface area contributed by atoms with Crippen molar-refractivity contribution in [3.63, 3.8) is 0 Å². The van der Waals surface area contributed by atoms with Crippen LogP contribution in [0.25, 0.3) is 0 Å². The predicted octanol–water partition coefficient (Wildman–Crippen LogP) is 4.72. The van der Waals surface area contributed by atoms with Crippen molar-refractivity contribution in [2.75, 3.05) is 0 Å². The summed E-state index contributed by atoms with van der Waals surface area (Å²) >= 11 is 2.84. The lowest BCUT2D eigenvalue weighted by Gasteiger charge is -1.99. The zero-order valence-corrected chi connectivity index (χ0v) is 13.0. The number of hydrogen-bond donors (Lipinski definition) is 2. The summed E-state index contributed by atoms with van der Waals surface area (Å²) in [6.45, 7) is 0. The monoisotopic (exact) mass is 328 g/mol. The Balaban J connectivity index is 1.87. The van der Waals surface area contributed by atoms with Crippen LogP contribution in [0, 0.1) is 0 Å². The number of hydrogen-bond acceptors (Lipinski definition) is 6. The molecule has 22 heavy (non-hydrogen) atoms. The summed E-state index contributed by atoms with van der Waals surface area (Å²) in [5.41, 5.74) is 1.39. The van der Waals surface area contributed by atoms with Gasteiger partial charge in [0.15, 0.2) is 0 Å². The van der Waals surface area contributed by atoms with Crippen molar-refractivity contribution < 1.29 is 10.2 Å². The fourth-order valence-electron chi connectivity index (χ4n) is 1.76. The Morgan fingerprint density at radius 2 is 1.18 bits per heavy atom. The number of benzene rings is 1. The van der Waals surface area contributed by atoms with Crippen molar-refractivity contribution in [1.29, 1.82) is 0 Å². The lowest BCUT2D eigenvalue weighted by molar-refractivity contribution is 0.476. The van der Waals surface area contributed by atoms with Crippen LogP contribution in [0.15, 0.2) is 57.1 Å². The van der Waals surface area contributed by atoms with Gasteiger partial charge in [-0.1, -0.05) is 12.1 Å². The number of aliphatic imine (C=N–C) groups is 2. The molecule has 0 radical (unpaired) electrons. The van der Waals surface area contributed by atoms with E-state index in [2.05, 4.69) is 9.98 Å². The highest BCUT2D eigenvalue weighted by molar-refractivity contribution is 7.12. The van der Waals surface area contributed by atoms with Crippen LogP contribution in [-0.4, -0.2) is 22.6 Å². The fraction of sp³-hybridized carbons (Fsp3) is 0. The van der Waals surface area contributed by atoms with Gasteiger partial charge in [-0.05, 0) is 35.0 Å². The van der Waals surface area contributed by atoms with E-state index in [1.807, 2.05) is 24.3 Å². The molecule has 2 aromatic heterocycles. The fourth-order valence-corrected chi connectivity index (χ4v) is 3.05. The van der Waals surface area contributed by atoms with Gasteiger partial charge in [-0.2, -0.15) is 0 Å². The van der Waals surface area contributed by atoms with Crippen LogP contribution < -0.4 is 0 Å². The molecule has 6 heteroatoms. The first kappa shape index (κ1) is 14.5. The van der Waals surface area contributed by atoms with Crippen LogP contribution in [0.5, 0.6) is 11.5 Å². The number of para-hydroxylation sites is 2. The smallest absolute Gasteiger partial charge is 0.135 e. The van der Waals surface area contributed by atoms with E-state index in [-0.39, 0.29) is 11.5 Å². The molecule has 0 atom stereocenters. The molecule has 0 aliphatic heterocycles. The third-order valence-corrected chi connectivity index (χ3v) is 4.55. The second kappa shape index (κ2) is 6.55. The van der Waals surface area contributed by atoms with E-state index in [1.54, 1.807) is 35.3 Å². The summed E-state index contributed by atoms with van der Waals surface area (Å²) in [5, 5.41) is 22.9. The Kier molecular flexibility index (Phi) is 4.32. The van der Waals surface area contributed by atoms with Crippen LogP contribution >= 0.6 is 22.7 Å².